The van der Waals surface area contributed by atoms with Crippen molar-refractivity contribution >= 4 is 0 Å². The normalized spacial score (nSPS) is 15.3. The van der Waals surface area contributed by atoms with E-state index in [1.54, 1.807) is 6.92 Å². The lowest BCUT2D eigenvalue weighted by Gasteiger charge is -2.29. The zero-order chi connectivity index (χ0) is 8.20. The number of aliphatic hydroxyl groups is 3. The second-order valence-corrected chi connectivity index (χ2v) is 2.73. The van der Waals surface area contributed by atoms with Gasteiger partial charge in [0.15, 0.2) is 0 Å². The van der Waals surface area contributed by atoms with Crippen LogP contribution in [0.5, 0.6) is 0 Å². The number of hydrogen-bond acceptors (Lipinski definition) is 3. The fourth-order valence-corrected chi connectivity index (χ4v) is 0.742. The summed E-state index contributed by atoms with van der Waals surface area (Å²) in [7, 11) is 0. The predicted molar refractivity (Wildman–Crippen MR) is 38.6 cm³/mol. The van der Waals surface area contributed by atoms with E-state index in [4.69, 9.17) is 10.2 Å². The van der Waals surface area contributed by atoms with Crippen LogP contribution in [-0.2, 0) is 0 Å². The minimum atomic E-state index is -1.30. The zero-order valence-corrected chi connectivity index (χ0v) is 6.54. The van der Waals surface area contributed by atoms with Crippen molar-refractivity contribution in [1.29, 1.82) is 0 Å². The van der Waals surface area contributed by atoms with Gasteiger partial charge >= 0.3 is 0 Å². The van der Waals surface area contributed by atoms with Crippen molar-refractivity contribution in [2.45, 2.75) is 25.9 Å². The van der Waals surface area contributed by atoms with E-state index in [0.29, 0.717) is 0 Å². The molecule has 3 heteroatoms. The predicted octanol–water partition coefficient (Wildman–Crippen LogP) is -0.252. The van der Waals surface area contributed by atoms with Crippen LogP contribution in [-0.4, -0.2) is 34.1 Å². The molecule has 3 N–H and O–H groups in total. The lowest BCUT2D eigenvalue weighted by Crippen LogP contribution is -2.43. The number of aliphatic hydroxyl groups excluding tert-OH is 2. The van der Waals surface area contributed by atoms with Crippen LogP contribution in [0.1, 0.15) is 20.3 Å². The minimum absolute atomic E-state index is 0.0671. The highest BCUT2D eigenvalue weighted by Crippen LogP contribution is 2.18. The summed E-state index contributed by atoms with van der Waals surface area (Å²) < 4.78 is 0. The van der Waals surface area contributed by atoms with Crippen molar-refractivity contribution in [3.05, 3.63) is 0 Å². The molecule has 0 aromatic rings. The van der Waals surface area contributed by atoms with Gasteiger partial charge in [-0.15, -0.1) is 0 Å². The first-order valence-electron chi connectivity index (χ1n) is 3.54. The quantitative estimate of drug-likeness (QED) is 0.515. The van der Waals surface area contributed by atoms with E-state index in [1.165, 1.54) is 0 Å². The molecule has 10 heavy (non-hydrogen) atoms. The molecular weight excluding hydrogens is 132 g/mol. The summed E-state index contributed by atoms with van der Waals surface area (Å²) in [6, 6.07) is 0. The second kappa shape index (κ2) is 3.91. The molecule has 0 spiro atoms. The first-order valence-corrected chi connectivity index (χ1v) is 3.54. The first-order chi connectivity index (χ1) is 4.60. The van der Waals surface area contributed by atoms with Crippen LogP contribution >= 0.6 is 0 Å². The Bertz CT molecular complexity index is 88.9. The van der Waals surface area contributed by atoms with Gasteiger partial charge in [-0.05, 0) is 5.92 Å². The van der Waals surface area contributed by atoms with Gasteiger partial charge < -0.3 is 15.3 Å². The van der Waals surface area contributed by atoms with E-state index in [0.717, 1.165) is 6.42 Å². The van der Waals surface area contributed by atoms with Crippen LogP contribution in [0.2, 0.25) is 0 Å². The molecule has 0 bridgehead atoms. The van der Waals surface area contributed by atoms with E-state index in [2.05, 4.69) is 0 Å². The molecule has 3 nitrogen and oxygen atoms in total. The fourth-order valence-electron chi connectivity index (χ4n) is 0.742. The summed E-state index contributed by atoms with van der Waals surface area (Å²) in [5.41, 5.74) is -1.30. The summed E-state index contributed by atoms with van der Waals surface area (Å²) in [6.07, 6.45) is 0.748. The Hall–Kier alpha value is -0.120. The van der Waals surface area contributed by atoms with Crippen molar-refractivity contribution in [3.63, 3.8) is 0 Å². The lowest BCUT2D eigenvalue weighted by molar-refractivity contribution is -0.0917. The maximum atomic E-state index is 9.40. The van der Waals surface area contributed by atoms with Gasteiger partial charge in [-0.3, -0.25) is 0 Å². The highest BCUT2D eigenvalue weighted by Gasteiger charge is 2.30. The SMILES string of the molecule is CCC(C)C(O)(CO)CO. The smallest absolute Gasteiger partial charge is 0.113 e. The molecule has 0 aromatic heterocycles. The Kier molecular flexibility index (Phi) is 3.86. The van der Waals surface area contributed by atoms with Crippen LogP contribution < -0.4 is 0 Å². The molecule has 0 amide bonds. The van der Waals surface area contributed by atoms with Gasteiger partial charge in [-0.2, -0.15) is 0 Å². The van der Waals surface area contributed by atoms with E-state index in [1.807, 2.05) is 6.92 Å². The highest BCUT2D eigenvalue weighted by molar-refractivity contribution is 4.81. The maximum Gasteiger partial charge on any atom is 0.113 e. The third-order valence-corrected chi connectivity index (χ3v) is 2.08. The van der Waals surface area contributed by atoms with Crippen molar-refractivity contribution in [1.82, 2.24) is 0 Å². The fraction of sp³-hybridized carbons (Fsp3) is 1.00. The summed E-state index contributed by atoms with van der Waals surface area (Å²) in [5, 5.41) is 26.8. The Morgan fingerprint density at radius 1 is 1.30 bits per heavy atom. The molecule has 0 aromatic carbocycles. The Labute approximate surface area is 61.3 Å². The van der Waals surface area contributed by atoms with Crippen LogP contribution in [0.4, 0.5) is 0 Å². The van der Waals surface area contributed by atoms with Gasteiger partial charge in [-0.25, -0.2) is 0 Å². The van der Waals surface area contributed by atoms with Crippen LogP contribution in [0.25, 0.3) is 0 Å². The van der Waals surface area contributed by atoms with Gasteiger partial charge in [-0.1, -0.05) is 20.3 Å². The van der Waals surface area contributed by atoms with Crippen LogP contribution in [0.15, 0.2) is 0 Å². The average Bonchev–Trinajstić information content (AvgIpc) is 2.01. The summed E-state index contributed by atoms with van der Waals surface area (Å²) in [5.74, 6) is -0.0671. The molecule has 0 aliphatic rings. The summed E-state index contributed by atoms with van der Waals surface area (Å²) in [4.78, 5) is 0. The number of rotatable bonds is 4. The van der Waals surface area contributed by atoms with Crippen molar-refractivity contribution in [2.75, 3.05) is 13.2 Å². The third kappa shape index (κ3) is 1.94. The molecule has 0 aliphatic carbocycles. The van der Waals surface area contributed by atoms with Gasteiger partial charge in [0.2, 0.25) is 0 Å². The third-order valence-electron chi connectivity index (χ3n) is 2.08. The summed E-state index contributed by atoms with van der Waals surface area (Å²) in [6.45, 7) is 2.95. The standard InChI is InChI=1S/C7H16O3/c1-3-6(2)7(10,4-8)5-9/h6,8-10H,3-5H2,1-2H3. The largest absolute Gasteiger partial charge is 0.393 e. The van der Waals surface area contributed by atoms with Crippen LogP contribution in [0, 0.1) is 5.92 Å². The Morgan fingerprint density at radius 2 is 1.70 bits per heavy atom. The molecule has 0 saturated heterocycles. The summed E-state index contributed by atoms with van der Waals surface area (Å²) >= 11 is 0. The monoisotopic (exact) mass is 148 g/mol. The van der Waals surface area contributed by atoms with Gasteiger partial charge in [0.25, 0.3) is 0 Å². The molecule has 1 unspecified atom stereocenters. The van der Waals surface area contributed by atoms with Crippen molar-refractivity contribution < 1.29 is 15.3 Å². The molecule has 0 heterocycles. The molecule has 62 valence electrons. The molecule has 1 atom stereocenters. The van der Waals surface area contributed by atoms with Gasteiger partial charge in [0, 0.05) is 0 Å². The van der Waals surface area contributed by atoms with Gasteiger partial charge in [0.05, 0.1) is 13.2 Å². The average molecular weight is 148 g/mol. The molecule has 0 rings (SSSR count). The first kappa shape index (κ1) is 9.88. The van der Waals surface area contributed by atoms with E-state index in [-0.39, 0.29) is 19.1 Å². The molecule has 0 aliphatic heterocycles. The van der Waals surface area contributed by atoms with E-state index >= 15 is 0 Å². The minimum Gasteiger partial charge on any atom is -0.393 e. The molecular formula is C7H16O3. The topological polar surface area (TPSA) is 60.7 Å². The Balaban J connectivity index is 4.02. The van der Waals surface area contributed by atoms with Crippen LogP contribution in [0.3, 0.4) is 0 Å². The molecule has 0 saturated carbocycles. The lowest BCUT2D eigenvalue weighted by atomic mass is 9.88. The number of hydrogen-bond donors (Lipinski definition) is 3. The van der Waals surface area contributed by atoms with E-state index in [9.17, 15) is 5.11 Å². The van der Waals surface area contributed by atoms with Crippen molar-refractivity contribution in [3.8, 4) is 0 Å². The maximum absolute atomic E-state index is 9.40. The van der Waals surface area contributed by atoms with Gasteiger partial charge in [0.1, 0.15) is 5.60 Å². The van der Waals surface area contributed by atoms with E-state index < -0.39 is 5.60 Å². The molecule has 0 fully saturated rings. The van der Waals surface area contributed by atoms with Crippen molar-refractivity contribution in [2.24, 2.45) is 5.92 Å². The molecule has 0 radical (unpaired) electrons. The highest BCUT2D eigenvalue weighted by atomic mass is 16.4. The second-order valence-electron chi connectivity index (χ2n) is 2.73. The zero-order valence-electron chi connectivity index (χ0n) is 6.54. The Morgan fingerprint density at radius 3 is 1.80 bits per heavy atom.